The van der Waals surface area contributed by atoms with Crippen LogP contribution in [0.2, 0.25) is 8.67 Å². The molecule has 0 aliphatic rings. The summed E-state index contributed by atoms with van der Waals surface area (Å²) in [5.74, 6) is 0.612. The number of halogens is 2. The van der Waals surface area contributed by atoms with E-state index in [1.807, 2.05) is 6.07 Å². The molecule has 0 bridgehead atoms. The van der Waals surface area contributed by atoms with E-state index in [0.717, 1.165) is 20.8 Å². The summed E-state index contributed by atoms with van der Waals surface area (Å²) < 4.78 is 1.53. The average molecular weight is 309 g/mol. The lowest BCUT2D eigenvalue weighted by Gasteiger charge is -2.29. The van der Waals surface area contributed by atoms with Crippen molar-refractivity contribution in [3.05, 3.63) is 20.3 Å². The van der Waals surface area contributed by atoms with Crippen LogP contribution in [0.4, 0.5) is 0 Å². The summed E-state index contributed by atoms with van der Waals surface area (Å²) >= 11 is 13.6. The number of nitrogens with zero attached hydrogens (tertiary/aromatic N) is 1. The van der Waals surface area contributed by atoms with Gasteiger partial charge in [0, 0.05) is 18.6 Å². The molecule has 0 aliphatic heterocycles. The third-order valence-corrected chi connectivity index (χ3v) is 4.73. The fraction of sp³-hybridized carbons (Fsp3) is 0.692. The van der Waals surface area contributed by atoms with Crippen LogP contribution in [0.15, 0.2) is 6.07 Å². The van der Waals surface area contributed by atoms with Gasteiger partial charge in [-0.25, -0.2) is 0 Å². The molecular weight excluding hydrogens is 287 g/mol. The number of hydrogen-bond donors (Lipinski definition) is 1. The standard InChI is InChI=1S/C13H22Cl2N2S/c1-8(2)11(17(4)5)7-16-9(3)10-6-12(14)18-13(10)15/h6,8-9,11,16H,7H2,1-5H3. The molecular formula is C13H22Cl2N2S. The maximum Gasteiger partial charge on any atom is 0.0991 e. The highest BCUT2D eigenvalue weighted by Crippen LogP contribution is 2.34. The molecule has 1 aromatic heterocycles. The van der Waals surface area contributed by atoms with Gasteiger partial charge >= 0.3 is 0 Å². The fourth-order valence-corrected chi connectivity index (χ4v) is 3.72. The van der Waals surface area contributed by atoms with Gasteiger partial charge in [-0.3, -0.25) is 0 Å². The Morgan fingerprint density at radius 2 is 1.89 bits per heavy atom. The lowest BCUT2D eigenvalue weighted by molar-refractivity contribution is 0.220. The lowest BCUT2D eigenvalue weighted by atomic mass is 10.0. The van der Waals surface area contributed by atoms with Gasteiger partial charge in [0.05, 0.1) is 8.67 Å². The molecule has 5 heteroatoms. The average Bonchev–Trinajstić information content (AvgIpc) is 2.56. The Labute approximate surface area is 124 Å². The number of likely N-dealkylation sites (N-methyl/N-ethyl adjacent to an activating group) is 1. The molecule has 1 aromatic rings. The van der Waals surface area contributed by atoms with E-state index in [9.17, 15) is 0 Å². The highest BCUT2D eigenvalue weighted by Gasteiger charge is 2.18. The predicted octanol–water partition coefficient (Wildman–Crippen LogP) is 4.29. The van der Waals surface area contributed by atoms with Crippen LogP contribution in [-0.4, -0.2) is 31.6 Å². The predicted molar refractivity (Wildman–Crippen MR) is 83.1 cm³/mol. The third-order valence-electron chi connectivity index (χ3n) is 3.22. The van der Waals surface area contributed by atoms with Gasteiger partial charge in [-0.1, -0.05) is 37.0 Å². The quantitative estimate of drug-likeness (QED) is 0.843. The zero-order valence-corrected chi connectivity index (χ0v) is 14.0. The molecule has 0 fully saturated rings. The molecule has 1 N–H and O–H groups in total. The molecule has 0 aliphatic carbocycles. The summed E-state index contributed by atoms with van der Waals surface area (Å²) in [6.45, 7) is 7.55. The van der Waals surface area contributed by atoms with Crippen molar-refractivity contribution in [1.82, 2.24) is 10.2 Å². The molecule has 0 spiro atoms. The summed E-state index contributed by atoms with van der Waals surface area (Å²) in [7, 11) is 4.23. The first kappa shape index (κ1) is 16.3. The third kappa shape index (κ3) is 4.39. The molecule has 0 amide bonds. The molecule has 1 rings (SSSR count). The largest absolute Gasteiger partial charge is 0.309 e. The highest BCUT2D eigenvalue weighted by molar-refractivity contribution is 7.20. The highest BCUT2D eigenvalue weighted by atomic mass is 35.5. The van der Waals surface area contributed by atoms with Crippen molar-refractivity contribution in [3.8, 4) is 0 Å². The van der Waals surface area contributed by atoms with E-state index in [2.05, 4.69) is 45.1 Å². The van der Waals surface area contributed by atoms with Crippen LogP contribution < -0.4 is 5.32 Å². The van der Waals surface area contributed by atoms with E-state index in [4.69, 9.17) is 23.2 Å². The number of rotatable bonds is 6. The van der Waals surface area contributed by atoms with Gasteiger partial charge < -0.3 is 10.2 Å². The van der Waals surface area contributed by atoms with Gasteiger partial charge in [-0.15, -0.1) is 11.3 Å². The van der Waals surface area contributed by atoms with E-state index < -0.39 is 0 Å². The van der Waals surface area contributed by atoms with Crippen LogP contribution in [0.5, 0.6) is 0 Å². The summed E-state index contributed by atoms with van der Waals surface area (Å²) in [6, 6.07) is 2.69. The van der Waals surface area contributed by atoms with Crippen LogP contribution in [0.25, 0.3) is 0 Å². The Balaban J connectivity index is 2.60. The fourth-order valence-electron chi connectivity index (χ4n) is 2.07. The minimum atomic E-state index is 0.224. The molecule has 1 heterocycles. The van der Waals surface area contributed by atoms with Gasteiger partial charge in [0.2, 0.25) is 0 Å². The van der Waals surface area contributed by atoms with Crippen LogP contribution >= 0.6 is 34.5 Å². The van der Waals surface area contributed by atoms with E-state index in [1.165, 1.54) is 11.3 Å². The zero-order valence-electron chi connectivity index (χ0n) is 11.6. The number of hydrogen-bond acceptors (Lipinski definition) is 3. The van der Waals surface area contributed by atoms with Crippen LogP contribution in [0.3, 0.4) is 0 Å². The Morgan fingerprint density at radius 1 is 1.28 bits per heavy atom. The molecule has 0 aromatic carbocycles. The van der Waals surface area contributed by atoms with E-state index in [-0.39, 0.29) is 6.04 Å². The van der Waals surface area contributed by atoms with Crippen molar-refractivity contribution in [3.63, 3.8) is 0 Å². The van der Waals surface area contributed by atoms with Crippen molar-refractivity contribution in [2.45, 2.75) is 32.9 Å². The number of nitrogens with one attached hydrogen (secondary N) is 1. The summed E-state index contributed by atoms with van der Waals surface area (Å²) in [5, 5.41) is 3.54. The van der Waals surface area contributed by atoms with Crippen molar-refractivity contribution < 1.29 is 0 Å². The first-order valence-electron chi connectivity index (χ1n) is 6.17. The molecule has 104 valence electrons. The smallest absolute Gasteiger partial charge is 0.0991 e. The second kappa shape index (κ2) is 7.11. The Bertz CT molecular complexity index is 369. The first-order chi connectivity index (χ1) is 8.32. The van der Waals surface area contributed by atoms with E-state index in [1.54, 1.807) is 0 Å². The molecule has 18 heavy (non-hydrogen) atoms. The first-order valence-corrected chi connectivity index (χ1v) is 7.74. The van der Waals surface area contributed by atoms with Gasteiger partial charge in [-0.2, -0.15) is 0 Å². The SMILES string of the molecule is CC(NCC(C(C)C)N(C)C)c1cc(Cl)sc1Cl. The Hall–Kier alpha value is 0.200. The molecule has 2 unspecified atom stereocenters. The number of thiophene rings is 1. The van der Waals surface area contributed by atoms with Gasteiger partial charge in [-0.05, 0) is 38.6 Å². The normalized spacial score (nSPS) is 15.4. The van der Waals surface area contributed by atoms with Crippen LogP contribution in [0.1, 0.15) is 32.4 Å². The minimum Gasteiger partial charge on any atom is -0.309 e. The van der Waals surface area contributed by atoms with Crippen LogP contribution in [0, 0.1) is 5.92 Å². The summed E-state index contributed by atoms with van der Waals surface area (Å²) in [4.78, 5) is 2.26. The molecule has 0 saturated heterocycles. The topological polar surface area (TPSA) is 15.3 Å². The Morgan fingerprint density at radius 3 is 2.28 bits per heavy atom. The van der Waals surface area contributed by atoms with Gasteiger partial charge in [0.25, 0.3) is 0 Å². The Kier molecular flexibility index (Phi) is 6.42. The zero-order chi connectivity index (χ0) is 13.9. The lowest BCUT2D eigenvalue weighted by Crippen LogP contribution is -2.42. The maximum absolute atomic E-state index is 6.16. The summed E-state index contributed by atoms with van der Waals surface area (Å²) in [5.41, 5.74) is 1.09. The van der Waals surface area contributed by atoms with Crippen LogP contribution in [-0.2, 0) is 0 Å². The van der Waals surface area contributed by atoms with Gasteiger partial charge in [0.1, 0.15) is 0 Å². The maximum atomic E-state index is 6.16. The second-order valence-corrected chi connectivity index (χ2v) is 7.47. The molecule has 0 saturated carbocycles. The van der Waals surface area contributed by atoms with Gasteiger partial charge in [0.15, 0.2) is 0 Å². The van der Waals surface area contributed by atoms with Crippen molar-refractivity contribution >= 4 is 34.5 Å². The summed E-state index contributed by atoms with van der Waals surface area (Å²) in [6.07, 6.45) is 0. The second-order valence-electron chi connectivity index (χ2n) is 5.18. The van der Waals surface area contributed by atoms with Crippen molar-refractivity contribution in [1.29, 1.82) is 0 Å². The minimum absolute atomic E-state index is 0.224. The molecule has 2 nitrogen and oxygen atoms in total. The van der Waals surface area contributed by atoms with Crippen molar-refractivity contribution in [2.24, 2.45) is 5.92 Å². The van der Waals surface area contributed by atoms with Crippen molar-refractivity contribution in [2.75, 3.05) is 20.6 Å². The molecule has 0 radical (unpaired) electrons. The van der Waals surface area contributed by atoms with E-state index >= 15 is 0 Å². The van der Waals surface area contributed by atoms with E-state index in [0.29, 0.717) is 12.0 Å². The monoisotopic (exact) mass is 308 g/mol. The molecule has 2 atom stereocenters.